The second kappa shape index (κ2) is 8.26. The predicted octanol–water partition coefficient (Wildman–Crippen LogP) is 5.60. The Labute approximate surface area is 159 Å². The summed E-state index contributed by atoms with van der Waals surface area (Å²) in [6, 6.07) is 11.5. The molecule has 0 fully saturated rings. The number of carbonyl (C=O) groups is 1. The maximum absolute atomic E-state index is 13.0. The number of ether oxygens (including phenoxy) is 1. The van der Waals surface area contributed by atoms with Crippen LogP contribution in [0.5, 0.6) is 0 Å². The number of nitrogens with one attached hydrogen (secondary N) is 1. The number of hydrogen-bond acceptors (Lipinski definition) is 4. The van der Waals surface area contributed by atoms with Crippen LogP contribution in [0.4, 0.5) is 24.5 Å². The predicted molar refractivity (Wildman–Crippen MR) is 99.7 cm³/mol. The van der Waals surface area contributed by atoms with Crippen molar-refractivity contribution >= 4 is 40.7 Å². The quantitative estimate of drug-likeness (QED) is 0.583. The van der Waals surface area contributed by atoms with E-state index in [0.717, 1.165) is 12.1 Å². The van der Waals surface area contributed by atoms with Crippen molar-refractivity contribution in [2.24, 2.45) is 0 Å². The van der Waals surface area contributed by atoms with Crippen molar-refractivity contribution in [1.82, 2.24) is 4.98 Å². The van der Waals surface area contributed by atoms with Gasteiger partial charge in [0.25, 0.3) is 0 Å². The van der Waals surface area contributed by atoms with Crippen LogP contribution in [0.1, 0.15) is 22.8 Å². The van der Waals surface area contributed by atoms with Crippen molar-refractivity contribution in [2.45, 2.75) is 13.1 Å². The molecule has 142 valence electrons. The standard InChI is InChI=1S/C19H15F3N2O2.ClH/c1-2-26-18(25)12-3-6-14(7-4-12)24-17-9-10-23-16-8-5-13(11-15(16)17)19(20,21)22;/h3-11H,2H2,1H3,(H,23,24);1H. The number of rotatable bonds is 4. The summed E-state index contributed by atoms with van der Waals surface area (Å²) in [5.41, 5.74) is 1.23. The lowest BCUT2D eigenvalue weighted by molar-refractivity contribution is -0.137. The first-order valence-corrected chi connectivity index (χ1v) is 7.88. The normalized spacial score (nSPS) is 11.0. The zero-order valence-corrected chi connectivity index (χ0v) is 15.0. The molecule has 0 aliphatic rings. The molecule has 3 aromatic rings. The first kappa shape index (κ1) is 20.5. The SMILES string of the molecule is CCOC(=O)c1ccc(Nc2ccnc3ccc(C(F)(F)F)cc23)cc1.Cl. The second-order valence-corrected chi connectivity index (χ2v) is 5.51. The molecule has 1 heterocycles. The van der Waals surface area contributed by atoms with E-state index in [1.165, 1.54) is 12.3 Å². The van der Waals surface area contributed by atoms with E-state index in [-0.39, 0.29) is 19.0 Å². The minimum atomic E-state index is -4.43. The summed E-state index contributed by atoms with van der Waals surface area (Å²) >= 11 is 0. The summed E-state index contributed by atoms with van der Waals surface area (Å²) < 4.78 is 43.8. The fourth-order valence-electron chi connectivity index (χ4n) is 2.49. The average Bonchev–Trinajstić information content (AvgIpc) is 2.61. The lowest BCUT2D eigenvalue weighted by atomic mass is 10.1. The molecule has 4 nitrogen and oxygen atoms in total. The Kier molecular flexibility index (Phi) is 6.28. The summed E-state index contributed by atoms with van der Waals surface area (Å²) in [6.45, 7) is 2.00. The molecule has 0 unspecified atom stereocenters. The number of nitrogens with zero attached hydrogens (tertiary/aromatic N) is 1. The summed E-state index contributed by atoms with van der Waals surface area (Å²) in [7, 11) is 0. The number of halogens is 4. The van der Waals surface area contributed by atoms with Crippen LogP contribution >= 0.6 is 12.4 Å². The van der Waals surface area contributed by atoms with Crippen molar-refractivity contribution in [1.29, 1.82) is 0 Å². The van der Waals surface area contributed by atoms with Gasteiger partial charge in [-0.25, -0.2) is 4.79 Å². The highest BCUT2D eigenvalue weighted by atomic mass is 35.5. The van der Waals surface area contributed by atoms with Crippen molar-refractivity contribution in [2.75, 3.05) is 11.9 Å². The topological polar surface area (TPSA) is 51.2 Å². The molecule has 0 bridgehead atoms. The molecule has 2 aromatic carbocycles. The van der Waals surface area contributed by atoms with Crippen LogP contribution in [-0.4, -0.2) is 17.6 Å². The Morgan fingerprint density at radius 3 is 2.44 bits per heavy atom. The van der Waals surface area contributed by atoms with Gasteiger partial charge in [0.2, 0.25) is 0 Å². The minimum absolute atomic E-state index is 0. The fraction of sp³-hybridized carbons (Fsp3) is 0.158. The lowest BCUT2D eigenvalue weighted by Gasteiger charge is -2.12. The van der Waals surface area contributed by atoms with Gasteiger partial charge in [0.05, 0.1) is 23.3 Å². The third kappa shape index (κ3) is 4.68. The highest BCUT2D eigenvalue weighted by Crippen LogP contribution is 2.33. The number of esters is 1. The third-order valence-corrected chi connectivity index (χ3v) is 3.74. The van der Waals surface area contributed by atoms with E-state index < -0.39 is 17.7 Å². The largest absolute Gasteiger partial charge is 0.462 e. The molecule has 3 rings (SSSR count). The zero-order valence-electron chi connectivity index (χ0n) is 14.2. The van der Waals surface area contributed by atoms with Crippen LogP contribution in [0, 0.1) is 0 Å². The fourth-order valence-corrected chi connectivity index (χ4v) is 2.49. The smallest absolute Gasteiger partial charge is 0.416 e. The molecule has 0 saturated carbocycles. The van der Waals surface area contributed by atoms with Gasteiger partial charge in [-0.05, 0) is 55.5 Å². The molecule has 1 N–H and O–H groups in total. The van der Waals surface area contributed by atoms with E-state index in [1.807, 2.05) is 0 Å². The van der Waals surface area contributed by atoms with Gasteiger partial charge in [-0.3, -0.25) is 4.98 Å². The Hall–Kier alpha value is -2.80. The highest BCUT2D eigenvalue weighted by molar-refractivity contribution is 5.94. The van der Waals surface area contributed by atoms with Crippen molar-refractivity contribution in [3.05, 3.63) is 65.9 Å². The number of anilines is 2. The molecule has 0 aliphatic heterocycles. The number of fused-ring (bicyclic) bond motifs is 1. The van der Waals surface area contributed by atoms with Gasteiger partial charge in [0.1, 0.15) is 0 Å². The van der Waals surface area contributed by atoms with Crippen molar-refractivity contribution in [3.8, 4) is 0 Å². The Morgan fingerprint density at radius 2 is 1.81 bits per heavy atom. The Morgan fingerprint density at radius 1 is 1.11 bits per heavy atom. The maximum Gasteiger partial charge on any atom is 0.416 e. The molecular weight excluding hydrogens is 381 g/mol. The molecule has 8 heteroatoms. The first-order valence-electron chi connectivity index (χ1n) is 7.88. The summed E-state index contributed by atoms with van der Waals surface area (Å²) in [5.74, 6) is -0.428. The molecule has 0 saturated heterocycles. The number of hydrogen-bond donors (Lipinski definition) is 1. The molecular formula is C19H16ClF3N2O2. The van der Waals surface area contributed by atoms with Gasteiger partial charge in [0.15, 0.2) is 0 Å². The van der Waals surface area contributed by atoms with Crippen LogP contribution in [0.15, 0.2) is 54.7 Å². The maximum atomic E-state index is 13.0. The second-order valence-electron chi connectivity index (χ2n) is 5.51. The molecule has 0 atom stereocenters. The van der Waals surface area contributed by atoms with Gasteiger partial charge in [-0.1, -0.05) is 0 Å². The van der Waals surface area contributed by atoms with E-state index in [4.69, 9.17) is 4.74 Å². The molecule has 27 heavy (non-hydrogen) atoms. The van der Waals surface area contributed by atoms with E-state index in [2.05, 4.69) is 10.3 Å². The number of alkyl halides is 3. The molecule has 0 spiro atoms. The van der Waals surface area contributed by atoms with E-state index >= 15 is 0 Å². The Balaban J connectivity index is 0.00000261. The van der Waals surface area contributed by atoms with Gasteiger partial charge in [-0.15, -0.1) is 12.4 Å². The zero-order chi connectivity index (χ0) is 18.7. The molecule has 1 aromatic heterocycles. The number of pyridine rings is 1. The van der Waals surface area contributed by atoms with E-state index in [1.54, 1.807) is 37.3 Å². The summed E-state index contributed by atoms with van der Waals surface area (Å²) in [6.07, 6.45) is -2.91. The van der Waals surface area contributed by atoms with Crippen molar-refractivity contribution < 1.29 is 22.7 Å². The van der Waals surface area contributed by atoms with Gasteiger partial charge >= 0.3 is 12.1 Å². The van der Waals surface area contributed by atoms with E-state index in [0.29, 0.717) is 27.8 Å². The van der Waals surface area contributed by atoms with Gasteiger partial charge < -0.3 is 10.1 Å². The summed E-state index contributed by atoms with van der Waals surface area (Å²) in [5, 5.41) is 3.42. The van der Waals surface area contributed by atoms with Crippen LogP contribution in [0.3, 0.4) is 0 Å². The summed E-state index contributed by atoms with van der Waals surface area (Å²) in [4.78, 5) is 15.8. The highest BCUT2D eigenvalue weighted by Gasteiger charge is 2.30. The van der Waals surface area contributed by atoms with Crippen LogP contribution in [0.2, 0.25) is 0 Å². The lowest BCUT2D eigenvalue weighted by Crippen LogP contribution is -2.05. The van der Waals surface area contributed by atoms with Crippen LogP contribution in [-0.2, 0) is 10.9 Å². The van der Waals surface area contributed by atoms with Crippen LogP contribution < -0.4 is 5.32 Å². The molecule has 0 aliphatic carbocycles. The number of benzene rings is 2. The van der Waals surface area contributed by atoms with E-state index in [9.17, 15) is 18.0 Å². The third-order valence-electron chi connectivity index (χ3n) is 3.74. The molecule has 0 amide bonds. The minimum Gasteiger partial charge on any atom is -0.462 e. The van der Waals surface area contributed by atoms with Crippen LogP contribution in [0.25, 0.3) is 10.9 Å². The number of aromatic nitrogens is 1. The molecule has 0 radical (unpaired) electrons. The monoisotopic (exact) mass is 396 g/mol. The van der Waals surface area contributed by atoms with Gasteiger partial charge in [-0.2, -0.15) is 13.2 Å². The number of carbonyl (C=O) groups excluding carboxylic acids is 1. The first-order chi connectivity index (χ1) is 12.4. The van der Waals surface area contributed by atoms with Crippen molar-refractivity contribution in [3.63, 3.8) is 0 Å². The average molecular weight is 397 g/mol. The Bertz CT molecular complexity index is 944. The van der Waals surface area contributed by atoms with Gasteiger partial charge in [0, 0.05) is 23.0 Å².